The number of ether oxygens (including phenoxy) is 3. The van der Waals surface area contributed by atoms with Gasteiger partial charge >= 0.3 is 0 Å². The summed E-state index contributed by atoms with van der Waals surface area (Å²) in [5.74, 6) is 7.29. The van der Waals surface area contributed by atoms with Gasteiger partial charge in [-0.25, -0.2) is 10.4 Å². The van der Waals surface area contributed by atoms with Gasteiger partial charge in [-0.05, 0) is 6.07 Å². The molecule has 0 radical (unpaired) electrons. The van der Waals surface area contributed by atoms with Crippen molar-refractivity contribution in [2.75, 3.05) is 21.3 Å². The fourth-order valence-corrected chi connectivity index (χ4v) is 2.15. The third kappa shape index (κ3) is 2.88. The van der Waals surface area contributed by atoms with Crippen molar-refractivity contribution >= 4 is 0 Å². The van der Waals surface area contributed by atoms with Crippen molar-refractivity contribution in [3.63, 3.8) is 0 Å². The Labute approximate surface area is 123 Å². The number of hydrazine groups is 1. The van der Waals surface area contributed by atoms with Crippen LogP contribution >= 0.6 is 0 Å². The number of aromatic nitrogens is 2. The van der Waals surface area contributed by atoms with E-state index < -0.39 is 6.04 Å². The zero-order valence-corrected chi connectivity index (χ0v) is 12.2. The number of hydrogen-bond donors (Lipinski definition) is 2. The summed E-state index contributed by atoms with van der Waals surface area (Å²) in [6, 6.07) is 5.09. The van der Waals surface area contributed by atoms with Crippen molar-refractivity contribution in [2.24, 2.45) is 5.84 Å². The Morgan fingerprint density at radius 1 is 1.05 bits per heavy atom. The van der Waals surface area contributed by atoms with Gasteiger partial charge in [-0.15, -0.1) is 0 Å². The van der Waals surface area contributed by atoms with E-state index in [1.807, 2.05) is 18.2 Å². The van der Waals surface area contributed by atoms with Crippen LogP contribution in [-0.4, -0.2) is 31.3 Å². The van der Waals surface area contributed by atoms with Crippen LogP contribution in [0.25, 0.3) is 0 Å². The summed E-state index contributed by atoms with van der Waals surface area (Å²) in [5.41, 5.74) is 4.06. The average Bonchev–Trinajstić information content (AvgIpc) is 2.55. The quantitative estimate of drug-likeness (QED) is 0.607. The van der Waals surface area contributed by atoms with Crippen molar-refractivity contribution in [3.8, 4) is 17.4 Å². The summed E-state index contributed by atoms with van der Waals surface area (Å²) in [5, 5.41) is 0. The number of nitrogens with two attached hydrogens (primary N) is 1. The van der Waals surface area contributed by atoms with Crippen LogP contribution in [0.2, 0.25) is 0 Å². The molecule has 1 aromatic carbocycles. The number of hydrogen-bond acceptors (Lipinski definition) is 7. The zero-order valence-electron chi connectivity index (χ0n) is 12.2. The summed E-state index contributed by atoms with van der Waals surface area (Å²) < 4.78 is 16.0. The Hall–Kier alpha value is -2.38. The molecule has 2 rings (SSSR count). The monoisotopic (exact) mass is 290 g/mol. The van der Waals surface area contributed by atoms with E-state index in [-0.39, 0.29) is 0 Å². The number of nitrogens with zero attached hydrogens (tertiary/aromatic N) is 2. The third-order valence-corrected chi connectivity index (χ3v) is 3.07. The van der Waals surface area contributed by atoms with Crippen molar-refractivity contribution < 1.29 is 14.2 Å². The molecule has 0 bridgehead atoms. The van der Waals surface area contributed by atoms with Gasteiger partial charge < -0.3 is 14.2 Å². The van der Waals surface area contributed by atoms with Crippen molar-refractivity contribution in [2.45, 2.75) is 6.04 Å². The van der Waals surface area contributed by atoms with Crippen LogP contribution in [-0.2, 0) is 0 Å². The summed E-state index contributed by atoms with van der Waals surface area (Å²) in [7, 11) is 4.68. The second-order valence-electron chi connectivity index (χ2n) is 4.13. The molecular weight excluding hydrogens is 272 g/mol. The van der Waals surface area contributed by atoms with Crippen LogP contribution in [0, 0.1) is 0 Å². The first-order chi connectivity index (χ1) is 10.3. The van der Waals surface area contributed by atoms with Crippen LogP contribution in [0.4, 0.5) is 0 Å². The number of benzene rings is 1. The molecule has 0 saturated carbocycles. The molecule has 0 aliphatic heterocycles. The summed E-state index contributed by atoms with van der Waals surface area (Å²) in [6.07, 6.45) is 3.13. The Bertz CT molecular complexity index is 607. The van der Waals surface area contributed by atoms with E-state index in [1.165, 1.54) is 7.11 Å². The largest absolute Gasteiger partial charge is 0.493 e. The molecule has 7 nitrogen and oxygen atoms in total. The standard InChI is InChI=1S/C14H18N4O3/c1-19-10-6-4-5-9(13(10)20-2)11(18-15)12-14(21-3)17-8-7-16-12/h4-8,11,18H,15H2,1-3H3. The van der Waals surface area contributed by atoms with E-state index >= 15 is 0 Å². The average molecular weight is 290 g/mol. The minimum Gasteiger partial charge on any atom is -0.493 e. The first-order valence-electron chi connectivity index (χ1n) is 6.28. The van der Waals surface area contributed by atoms with E-state index in [0.717, 1.165) is 5.56 Å². The SMILES string of the molecule is COc1cccc(C(NN)c2nccnc2OC)c1OC. The predicted octanol–water partition coefficient (Wildman–Crippen LogP) is 1.06. The van der Waals surface area contributed by atoms with E-state index in [2.05, 4.69) is 15.4 Å². The van der Waals surface area contributed by atoms with Gasteiger partial charge in [-0.1, -0.05) is 12.1 Å². The normalized spacial score (nSPS) is 11.8. The molecule has 0 fully saturated rings. The maximum absolute atomic E-state index is 5.71. The van der Waals surface area contributed by atoms with Gasteiger partial charge in [0.05, 0.1) is 27.4 Å². The summed E-state index contributed by atoms with van der Waals surface area (Å²) in [4.78, 5) is 8.44. The van der Waals surface area contributed by atoms with Crippen molar-refractivity contribution in [1.82, 2.24) is 15.4 Å². The molecule has 3 N–H and O–H groups in total. The summed E-state index contributed by atoms with van der Waals surface area (Å²) in [6.45, 7) is 0. The highest BCUT2D eigenvalue weighted by molar-refractivity contribution is 5.50. The second-order valence-corrected chi connectivity index (χ2v) is 4.13. The van der Waals surface area contributed by atoms with E-state index in [4.69, 9.17) is 20.1 Å². The topological polar surface area (TPSA) is 91.5 Å². The van der Waals surface area contributed by atoms with Crippen LogP contribution < -0.4 is 25.5 Å². The minimum atomic E-state index is -0.446. The fraction of sp³-hybridized carbons (Fsp3) is 0.286. The molecule has 1 atom stereocenters. The highest BCUT2D eigenvalue weighted by atomic mass is 16.5. The molecule has 1 unspecified atom stereocenters. The second kappa shape index (κ2) is 6.87. The molecule has 112 valence electrons. The zero-order chi connectivity index (χ0) is 15.2. The highest BCUT2D eigenvalue weighted by Gasteiger charge is 2.24. The lowest BCUT2D eigenvalue weighted by Crippen LogP contribution is -2.30. The smallest absolute Gasteiger partial charge is 0.237 e. The Kier molecular flexibility index (Phi) is 4.91. The number of methoxy groups -OCH3 is 3. The molecule has 7 heteroatoms. The Morgan fingerprint density at radius 2 is 1.81 bits per heavy atom. The van der Waals surface area contributed by atoms with E-state index in [9.17, 15) is 0 Å². The Balaban J connectivity index is 2.56. The lowest BCUT2D eigenvalue weighted by atomic mass is 10.0. The molecule has 2 aromatic rings. The first-order valence-corrected chi connectivity index (χ1v) is 6.28. The molecule has 0 amide bonds. The van der Waals surface area contributed by atoms with E-state index in [1.54, 1.807) is 26.6 Å². The summed E-state index contributed by atoms with van der Waals surface area (Å²) >= 11 is 0. The molecule has 1 aromatic heterocycles. The van der Waals surface area contributed by atoms with Gasteiger partial charge in [0.25, 0.3) is 0 Å². The highest BCUT2D eigenvalue weighted by Crippen LogP contribution is 2.37. The molecule has 0 spiro atoms. The van der Waals surface area contributed by atoms with E-state index in [0.29, 0.717) is 23.1 Å². The first kappa shape index (κ1) is 15.0. The van der Waals surface area contributed by atoms with Gasteiger partial charge in [-0.2, -0.15) is 0 Å². The molecule has 0 saturated heterocycles. The molecular formula is C14H18N4O3. The van der Waals surface area contributed by atoms with Crippen LogP contribution in [0.3, 0.4) is 0 Å². The van der Waals surface area contributed by atoms with Gasteiger partial charge in [-0.3, -0.25) is 10.8 Å². The number of rotatable bonds is 6. The van der Waals surface area contributed by atoms with Crippen LogP contribution in [0.15, 0.2) is 30.6 Å². The third-order valence-electron chi connectivity index (χ3n) is 3.07. The maximum Gasteiger partial charge on any atom is 0.237 e. The van der Waals surface area contributed by atoms with Crippen molar-refractivity contribution in [3.05, 3.63) is 41.9 Å². The predicted molar refractivity (Wildman–Crippen MR) is 77.3 cm³/mol. The van der Waals surface area contributed by atoms with Crippen LogP contribution in [0.5, 0.6) is 17.4 Å². The lowest BCUT2D eigenvalue weighted by molar-refractivity contribution is 0.346. The number of nitrogens with one attached hydrogen (secondary N) is 1. The van der Waals surface area contributed by atoms with Gasteiger partial charge in [0, 0.05) is 18.0 Å². The van der Waals surface area contributed by atoms with Gasteiger partial charge in [0.15, 0.2) is 11.5 Å². The van der Waals surface area contributed by atoms with Crippen molar-refractivity contribution in [1.29, 1.82) is 0 Å². The fourth-order valence-electron chi connectivity index (χ4n) is 2.15. The lowest BCUT2D eigenvalue weighted by Gasteiger charge is -2.21. The molecule has 1 heterocycles. The molecule has 0 aliphatic carbocycles. The number of para-hydroxylation sites is 1. The molecule has 0 aliphatic rings. The minimum absolute atomic E-state index is 0.394. The van der Waals surface area contributed by atoms with Gasteiger partial charge in [0.1, 0.15) is 5.69 Å². The van der Waals surface area contributed by atoms with Crippen LogP contribution in [0.1, 0.15) is 17.3 Å². The maximum atomic E-state index is 5.71. The van der Waals surface area contributed by atoms with Gasteiger partial charge in [0.2, 0.25) is 5.88 Å². The molecule has 21 heavy (non-hydrogen) atoms. The Morgan fingerprint density at radius 3 is 2.43 bits per heavy atom.